The lowest BCUT2D eigenvalue weighted by atomic mass is 10.00. The Labute approximate surface area is 114 Å². The van der Waals surface area contributed by atoms with Crippen molar-refractivity contribution in [2.24, 2.45) is 5.92 Å². The quantitative estimate of drug-likeness (QED) is 0.907. The standard InChI is InChI=1S/C15H22N2O2/c1-3-19-14-7-5-4-6-13(14)16-15(18)17-10-8-12(2)9-11-17/h4-7,12H,3,8-11H2,1-2H3,(H,16,18). The van der Waals surface area contributed by atoms with Crippen LogP contribution in [0.4, 0.5) is 10.5 Å². The third-order valence-electron chi connectivity index (χ3n) is 3.50. The highest BCUT2D eigenvalue weighted by molar-refractivity contribution is 5.91. The molecule has 0 atom stereocenters. The highest BCUT2D eigenvalue weighted by Gasteiger charge is 2.20. The van der Waals surface area contributed by atoms with E-state index >= 15 is 0 Å². The van der Waals surface area contributed by atoms with E-state index in [1.165, 1.54) is 0 Å². The Bertz CT molecular complexity index is 426. The number of ether oxygens (including phenoxy) is 1. The number of urea groups is 1. The van der Waals surface area contributed by atoms with Gasteiger partial charge in [-0.25, -0.2) is 4.79 Å². The summed E-state index contributed by atoms with van der Waals surface area (Å²) in [6, 6.07) is 7.52. The van der Waals surface area contributed by atoms with E-state index in [0.717, 1.165) is 43.3 Å². The molecule has 1 saturated heterocycles. The summed E-state index contributed by atoms with van der Waals surface area (Å²) in [4.78, 5) is 14.1. The Morgan fingerprint density at radius 3 is 2.74 bits per heavy atom. The van der Waals surface area contributed by atoms with Crippen LogP contribution in [0.25, 0.3) is 0 Å². The molecule has 1 aliphatic rings. The van der Waals surface area contributed by atoms with E-state index in [2.05, 4.69) is 12.2 Å². The molecule has 0 unspecified atom stereocenters. The molecule has 1 aliphatic heterocycles. The van der Waals surface area contributed by atoms with Gasteiger partial charge in [-0.1, -0.05) is 19.1 Å². The van der Waals surface area contributed by atoms with Crippen molar-refractivity contribution in [3.05, 3.63) is 24.3 Å². The van der Waals surface area contributed by atoms with Gasteiger partial charge in [-0.3, -0.25) is 0 Å². The number of rotatable bonds is 3. The summed E-state index contributed by atoms with van der Waals surface area (Å²) < 4.78 is 5.51. The van der Waals surface area contributed by atoms with Crippen molar-refractivity contribution in [1.82, 2.24) is 4.90 Å². The molecule has 1 fully saturated rings. The van der Waals surface area contributed by atoms with E-state index in [0.29, 0.717) is 6.61 Å². The van der Waals surface area contributed by atoms with Gasteiger partial charge in [0.15, 0.2) is 0 Å². The highest BCUT2D eigenvalue weighted by atomic mass is 16.5. The molecule has 0 aliphatic carbocycles. The van der Waals surface area contributed by atoms with Crippen LogP contribution in [-0.4, -0.2) is 30.6 Å². The molecule has 0 spiro atoms. The summed E-state index contributed by atoms with van der Waals surface area (Å²) in [6.45, 7) is 6.44. The second-order valence-corrected chi connectivity index (χ2v) is 5.03. The highest BCUT2D eigenvalue weighted by Crippen LogP contribution is 2.24. The fourth-order valence-electron chi connectivity index (χ4n) is 2.26. The van der Waals surface area contributed by atoms with Crippen molar-refractivity contribution in [1.29, 1.82) is 0 Å². The van der Waals surface area contributed by atoms with Gasteiger partial charge in [-0.15, -0.1) is 0 Å². The van der Waals surface area contributed by atoms with Crippen LogP contribution in [0.5, 0.6) is 5.75 Å². The Kier molecular flexibility index (Phi) is 4.66. The number of hydrogen-bond acceptors (Lipinski definition) is 2. The lowest BCUT2D eigenvalue weighted by molar-refractivity contribution is 0.186. The lowest BCUT2D eigenvalue weighted by Gasteiger charge is -2.30. The van der Waals surface area contributed by atoms with E-state index in [9.17, 15) is 4.79 Å². The molecule has 0 radical (unpaired) electrons. The van der Waals surface area contributed by atoms with E-state index in [4.69, 9.17) is 4.74 Å². The van der Waals surface area contributed by atoms with Gasteiger partial charge in [0.2, 0.25) is 0 Å². The zero-order valence-corrected chi connectivity index (χ0v) is 11.7. The van der Waals surface area contributed by atoms with Crippen LogP contribution in [0, 0.1) is 5.92 Å². The summed E-state index contributed by atoms with van der Waals surface area (Å²) in [5.41, 5.74) is 0.743. The summed E-state index contributed by atoms with van der Waals surface area (Å²) >= 11 is 0. The second-order valence-electron chi connectivity index (χ2n) is 5.03. The van der Waals surface area contributed by atoms with Crippen molar-refractivity contribution in [2.45, 2.75) is 26.7 Å². The Morgan fingerprint density at radius 1 is 1.37 bits per heavy atom. The third-order valence-corrected chi connectivity index (χ3v) is 3.50. The fourth-order valence-corrected chi connectivity index (χ4v) is 2.26. The van der Waals surface area contributed by atoms with E-state index < -0.39 is 0 Å². The van der Waals surface area contributed by atoms with Gasteiger partial charge in [0.25, 0.3) is 0 Å². The molecule has 0 saturated carbocycles. The number of amides is 2. The average Bonchev–Trinajstić information content (AvgIpc) is 2.42. The maximum atomic E-state index is 12.2. The third kappa shape index (κ3) is 3.63. The van der Waals surface area contributed by atoms with Crippen LogP contribution in [-0.2, 0) is 0 Å². The first-order valence-electron chi connectivity index (χ1n) is 6.98. The minimum absolute atomic E-state index is 0.0287. The van der Waals surface area contributed by atoms with Crippen molar-refractivity contribution >= 4 is 11.7 Å². The van der Waals surface area contributed by atoms with Crippen LogP contribution in [0.2, 0.25) is 0 Å². The molecule has 0 bridgehead atoms. The van der Waals surface area contributed by atoms with Crippen LogP contribution in [0.3, 0.4) is 0 Å². The predicted octanol–water partition coefficient (Wildman–Crippen LogP) is 3.35. The summed E-state index contributed by atoms with van der Waals surface area (Å²) in [5, 5.41) is 2.94. The largest absolute Gasteiger partial charge is 0.492 e. The first-order chi connectivity index (χ1) is 9.20. The average molecular weight is 262 g/mol. The van der Waals surface area contributed by atoms with Crippen molar-refractivity contribution in [2.75, 3.05) is 25.0 Å². The maximum absolute atomic E-state index is 12.2. The van der Waals surface area contributed by atoms with Crippen LogP contribution in [0.15, 0.2) is 24.3 Å². The van der Waals surface area contributed by atoms with Crippen molar-refractivity contribution in [3.8, 4) is 5.75 Å². The van der Waals surface area contributed by atoms with Crippen LogP contribution in [0.1, 0.15) is 26.7 Å². The summed E-state index contributed by atoms with van der Waals surface area (Å²) in [5.74, 6) is 1.45. The molecule has 1 aromatic carbocycles. The molecule has 104 valence electrons. The molecule has 2 amide bonds. The van der Waals surface area contributed by atoms with Gasteiger partial charge in [-0.05, 0) is 37.8 Å². The number of carbonyl (C=O) groups excluding carboxylic acids is 1. The number of carbonyl (C=O) groups is 1. The van der Waals surface area contributed by atoms with Crippen LogP contribution < -0.4 is 10.1 Å². The number of benzene rings is 1. The van der Waals surface area contributed by atoms with Gasteiger partial charge in [0.05, 0.1) is 12.3 Å². The first-order valence-corrected chi connectivity index (χ1v) is 6.98. The molecule has 4 nitrogen and oxygen atoms in total. The maximum Gasteiger partial charge on any atom is 0.321 e. The molecular weight excluding hydrogens is 240 g/mol. The smallest absolute Gasteiger partial charge is 0.321 e. The first kappa shape index (κ1) is 13.7. The summed E-state index contributed by atoms with van der Waals surface area (Å²) in [7, 11) is 0. The van der Waals surface area contributed by atoms with Gasteiger partial charge >= 0.3 is 6.03 Å². The van der Waals surface area contributed by atoms with Gasteiger partial charge in [0, 0.05) is 13.1 Å². The number of para-hydroxylation sites is 2. The second kappa shape index (κ2) is 6.45. The van der Waals surface area contributed by atoms with E-state index in [1.54, 1.807) is 0 Å². The zero-order chi connectivity index (χ0) is 13.7. The molecule has 1 heterocycles. The Balaban J connectivity index is 1.98. The molecule has 2 rings (SSSR count). The normalized spacial score (nSPS) is 16.2. The Morgan fingerprint density at radius 2 is 2.05 bits per heavy atom. The van der Waals surface area contributed by atoms with Crippen LogP contribution >= 0.6 is 0 Å². The topological polar surface area (TPSA) is 41.6 Å². The lowest BCUT2D eigenvalue weighted by Crippen LogP contribution is -2.40. The monoisotopic (exact) mass is 262 g/mol. The molecule has 4 heteroatoms. The van der Waals surface area contributed by atoms with Gasteiger partial charge in [0.1, 0.15) is 5.75 Å². The number of anilines is 1. The molecule has 1 aromatic rings. The molecule has 1 N–H and O–H groups in total. The Hall–Kier alpha value is -1.71. The molecule has 0 aromatic heterocycles. The number of nitrogens with zero attached hydrogens (tertiary/aromatic N) is 1. The van der Waals surface area contributed by atoms with Crippen molar-refractivity contribution < 1.29 is 9.53 Å². The minimum Gasteiger partial charge on any atom is -0.492 e. The van der Waals surface area contributed by atoms with Gasteiger partial charge in [-0.2, -0.15) is 0 Å². The number of likely N-dealkylation sites (tertiary alicyclic amines) is 1. The number of hydrogen-bond donors (Lipinski definition) is 1. The summed E-state index contributed by atoms with van der Waals surface area (Å²) in [6.07, 6.45) is 2.17. The number of piperidine rings is 1. The van der Waals surface area contributed by atoms with E-state index in [-0.39, 0.29) is 6.03 Å². The molecule has 19 heavy (non-hydrogen) atoms. The predicted molar refractivity (Wildman–Crippen MR) is 76.6 cm³/mol. The minimum atomic E-state index is -0.0287. The number of nitrogens with one attached hydrogen (secondary N) is 1. The van der Waals surface area contributed by atoms with Gasteiger partial charge < -0.3 is 15.0 Å². The van der Waals surface area contributed by atoms with E-state index in [1.807, 2.05) is 36.1 Å². The SMILES string of the molecule is CCOc1ccccc1NC(=O)N1CCC(C)CC1. The zero-order valence-electron chi connectivity index (χ0n) is 11.7. The van der Waals surface area contributed by atoms with Crippen molar-refractivity contribution in [3.63, 3.8) is 0 Å². The molecular formula is C15H22N2O2. The fraction of sp³-hybridized carbons (Fsp3) is 0.533.